The predicted molar refractivity (Wildman–Crippen MR) is 109 cm³/mol. The number of ether oxygens (including phenoxy) is 2. The van der Waals surface area contributed by atoms with Crippen LogP contribution in [0, 0.1) is 0 Å². The first-order valence-electron chi connectivity index (χ1n) is 9.96. The summed E-state index contributed by atoms with van der Waals surface area (Å²) in [5.41, 5.74) is 0.356. The summed E-state index contributed by atoms with van der Waals surface area (Å²) in [6.45, 7) is 6.21. The van der Waals surface area contributed by atoms with Crippen LogP contribution in [-0.4, -0.2) is 33.3 Å². The third-order valence-corrected chi connectivity index (χ3v) is 4.75. The second-order valence-electron chi connectivity index (χ2n) is 7.02. The summed E-state index contributed by atoms with van der Waals surface area (Å²) in [5.74, 6) is 0.0525. The highest BCUT2D eigenvalue weighted by Crippen LogP contribution is 2.25. The van der Waals surface area contributed by atoms with Crippen LogP contribution in [0.4, 0.5) is 0 Å². The standard InChI is InChI=1S/C22H30N2O4/c1-4-6-7-8-9-14-27-20-16-23-19(15-24-20)17-10-12-18(13-11-17)28-22(3,5-2)21(25)26/h10-13,15-16H,4-9,14H2,1-3H3,(H,25,26). The van der Waals surface area contributed by atoms with Gasteiger partial charge in [-0.1, -0.05) is 39.5 Å². The summed E-state index contributed by atoms with van der Waals surface area (Å²) in [4.78, 5) is 20.1. The van der Waals surface area contributed by atoms with Gasteiger partial charge in [-0.3, -0.25) is 0 Å². The zero-order chi connectivity index (χ0) is 20.4. The first-order valence-corrected chi connectivity index (χ1v) is 9.96. The number of hydrogen-bond acceptors (Lipinski definition) is 5. The van der Waals surface area contributed by atoms with Gasteiger partial charge in [-0.2, -0.15) is 0 Å². The van der Waals surface area contributed by atoms with Crippen LogP contribution in [0.25, 0.3) is 11.3 Å². The molecule has 152 valence electrons. The van der Waals surface area contributed by atoms with Crippen molar-refractivity contribution in [2.45, 2.75) is 64.9 Å². The van der Waals surface area contributed by atoms with E-state index in [0.717, 1.165) is 17.7 Å². The highest BCUT2D eigenvalue weighted by molar-refractivity contribution is 5.77. The second-order valence-corrected chi connectivity index (χ2v) is 7.02. The zero-order valence-electron chi connectivity index (χ0n) is 17.0. The zero-order valence-corrected chi connectivity index (χ0v) is 17.0. The van der Waals surface area contributed by atoms with Crippen molar-refractivity contribution in [1.29, 1.82) is 0 Å². The molecule has 0 amide bonds. The Kier molecular flexibility index (Phi) is 8.23. The lowest BCUT2D eigenvalue weighted by atomic mass is 10.0. The molecule has 0 spiro atoms. The van der Waals surface area contributed by atoms with E-state index in [1.807, 2.05) is 12.1 Å². The third kappa shape index (κ3) is 6.22. The smallest absolute Gasteiger partial charge is 0.347 e. The largest absolute Gasteiger partial charge is 0.478 e. The van der Waals surface area contributed by atoms with Gasteiger partial charge in [0.05, 0.1) is 24.7 Å². The molecule has 6 heteroatoms. The van der Waals surface area contributed by atoms with E-state index in [0.29, 0.717) is 24.7 Å². The fourth-order valence-electron chi connectivity index (χ4n) is 2.64. The van der Waals surface area contributed by atoms with Crippen molar-refractivity contribution in [3.05, 3.63) is 36.7 Å². The summed E-state index contributed by atoms with van der Waals surface area (Å²) in [6, 6.07) is 7.17. The van der Waals surface area contributed by atoms with Crippen LogP contribution in [0.15, 0.2) is 36.7 Å². The molecule has 1 atom stereocenters. The molecular weight excluding hydrogens is 356 g/mol. The molecule has 0 fully saturated rings. The first-order chi connectivity index (χ1) is 13.5. The third-order valence-electron chi connectivity index (χ3n) is 4.75. The number of hydrogen-bond donors (Lipinski definition) is 1. The van der Waals surface area contributed by atoms with Gasteiger partial charge in [0.25, 0.3) is 0 Å². The number of benzene rings is 1. The highest BCUT2D eigenvalue weighted by atomic mass is 16.5. The van der Waals surface area contributed by atoms with Gasteiger partial charge in [0.15, 0.2) is 0 Å². The molecule has 1 heterocycles. The molecule has 0 bridgehead atoms. The molecule has 0 aliphatic rings. The molecular formula is C22H30N2O4. The number of aliphatic carboxylic acids is 1. The van der Waals surface area contributed by atoms with E-state index in [1.54, 1.807) is 38.4 Å². The maximum Gasteiger partial charge on any atom is 0.347 e. The van der Waals surface area contributed by atoms with Crippen molar-refractivity contribution >= 4 is 5.97 Å². The summed E-state index contributed by atoms with van der Waals surface area (Å²) >= 11 is 0. The Labute approximate surface area is 166 Å². The fraction of sp³-hybridized carbons (Fsp3) is 0.500. The van der Waals surface area contributed by atoms with Crippen molar-refractivity contribution in [3.8, 4) is 22.9 Å². The molecule has 0 saturated heterocycles. The van der Waals surface area contributed by atoms with E-state index in [-0.39, 0.29) is 0 Å². The quantitative estimate of drug-likeness (QED) is 0.510. The van der Waals surface area contributed by atoms with Crippen molar-refractivity contribution in [3.63, 3.8) is 0 Å². The monoisotopic (exact) mass is 386 g/mol. The summed E-state index contributed by atoms with van der Waals surface area (Å²) in [7, 11) is 0. The maximum absolute atomic E-state index is 11.4. The number of aromatic nitrogens is 2. The lowest BCUT2D eigenvalue weighted by Gasteiger charge is -2.24. The van der Waals surface area contributed by atoms with Crippen LogP contribution in [0.1, 0.15) is 59.3 Å². The number of rotatable bonds is 12. The van der Waals surface area contributed by atoms with Gasteiger partial charge in [-0.05, 0) is 44.0 Å². The molecule has 6 nitrogen and oxygen atoms in total. The van der Waals surface area contributed by atoms with Gasteiger partial charge in [0.1, 0.15) is 5.75 Å². The van der Waals surface area contributed by atoms with Crippen LogP contribution in [-0.2, 0) is 4.79 Å². The number of carbonyl (C=O) groups is 1. The van der Waals surface area contributed by atoms with Crippen LogP contribution in [0.3, 0.4) is 0 Å². The van der Waals surface area contributed by atoms with Crippen molar-refractivity contribution in [2.75, 3.05) is 6.61 Å². The number of unbranched alkanes of at least 4 members (excludes halogenated alkanes) is 4. The Balaban J connectivity index is 1.90. The van der Waals surface area contributed by atoms with Gasteiger partial charge in [0.2, 0.25) is 11.5 Å². The topological polar surface area (TPSA) is 81.5 Å². The minimum absolute atomic E-state index is 0.371. The number of nitrogens with zero attached hydrogens (tertiary/aromatic N) is 2. The lowest BCUT2D eigenvalue weighted by Crippen LogP contribution is -2.40. The molecule has 1 N–H and O–H groups in total. The summed E-state index contributed by atoms with van der Waals surface area (Å²) in [6.07, 6.45) is 9.62. The molecule has 1 unspecified atom stereocenters. The van der Waals surface area contributed by atoms with Gasteiger partial charge in [0, 0.05) is 5.56 Å². The van der Waals surface area contributed by atoms with E-state index in [2.05, 4.69) is 16.9 Å². The van der Waals surface area contributed by atoms with Crippen molar-refractivity contribution in [2.24, 2.45) is 0 Å². The molecule has 0 saturated carbocycles. The van der Waals surface area contributed by atoms with Crippen molar-refractivity contribution < 1.29 is 19.4 Å². The van der Waals surface area contributed by atoms with E-state index < -0.39 is 11.6 Å². The molecule has 1 aromatic heterocycles. The Morgan fingerprint density at radius 3 is 2.32 bits per heavy atom. The molecule has 1 aromatic carbocycles. The SMILES string of the molecule is CCCCCCCOc1cnc(-c2ccc(OC(C)(CC)C(=O)O)cc2)cn1. The Bertz CT molecular complexity index is 731. The van der Waals surface area contributed by atoms with Crippen molar-refractivity contribution in [1.82, 2.24) is 9.97 Å². The van der Waals surface area contributed by atoms with E-state index in [4.69, 9.17) is 9.47 Å². The van der Waals surface area contributed by atoms with Gasteiger partial charge < -0.3 is 14.6 Å². The average Bonchev–Trinajstić information content (AvgIpc) is 2.71. The Morgan fingerprint density at radius 2 is 1.75 bits per heavy atom. The van der Waals surface area contributed by atoms with E-state index in [1.165, 1.54) is 25.7 Å². The maximum atomic E-state index is 11.4. The lowest BCUT2D eigenvalue weighted by molar-refractivity contribution is -0.154. The minimum Gasteiger partial charge on any atom is -0.478 e. The van der Waals surface area contributed by atoms with Crippen LogP contribution in [0.2, 0.25) is 0 Å². The molecule has 0 aliphatic carbocycles. The Morgan fingerprint density at radius 1 is 1.04 bits per heavy atom. The highest BCUT2D eigenvalue weighted by Gasteiger charge is 2.33. The minimum atomic E-state index is -1.24. The molecule has 0 radical (unpaired) electrons. The van der Waals surface area contributed by atoms with E-state index in [9.17, 15) is 9.90 Å². The average molecular weight is 386 g/mol. The molecule has 28 heavy (non-hydrogen) atoms. The second kappa shape index (κ2) is 10.6. The number of carboxylic acid groups (broad SMARTS) is 1. The van der Waals surface area contributed by atoms with Crippen LogP contribution in [0.5, 0.6) is 11.6 Å². The normalized spacial score (nSPS) is 13.0. The van der Waals surface area contributed by atoms with E-state index >= 15 is 0 Å². The Hall–Kier alpha value is -2.63. The van der Waals surface area contributed by atoms with Gasteiger partial charge in [-0.15, -0.1) is 0 Å². The fourth-order valence-corrected chi connectivity index (χ4v) is 2.64. The molecule has 2 rings (SSSR count). The molecule has 2 aromatic rings. The predicted octanol–water partition coefficient (Wildman–Crippen LogP) is 5.12. The summed E-state index contributed by atoms with van der Waals surface area (Å²) in [5, 5.41) is 9.31. The van der Waals surface area contributed by atoms with Gasteiger partial charge in [-0.25, -0.2) is 14.8 Å². The first kappa shape index (κ1) is 21.7. The van der Waals surface area contributed by atoms with Crippen LogP contribution >= 0.6 is 0 Å². The van der Waals surface area contributed by atoms with Crippen LogP contribution < -0.4 is 9.47 Å². The number of carboxylic acids is 1. The summed E-state index contributed by atoms with van der Waals surface area (Å²) < 4.78 is 11.3. The van der Waals surface area contributed by atoms with Gasteiger partial charge >= 0.3 is 5.97 Å². The molecule has 0 aliphatic heterocycles.